The Morgan fingerprint density at radius 3 is 2.71 bits per heavy atom. The number of amides is 1. The molecular weight excluding hydrogens is 353 g/mol. The summed E-state index contributed by atoms with van der Waals surface area (Å²) in [5.74, 6) is -0.752. The number of benzene rings is 1. The van der Waals surface area contributed by atoms with Crippen LogP contribution in [0.5, 0.6) is 0 Å². The van der Waals surface area contributed by atoms with E-state index in [0.717, 1.165) is 6.42 Å². The van der Waals surface area contributed by atoms with E-state index in [-0.39, 0.29) is 11.5 Å². The van der Waals surface area contributed by atoms with Gasteiger partial charge in [-0.3, -0.25) is 4.79 Å². The number of carbonyl (C=O) groups is 1. The van der Waals surface area contributed by atoms with Gasteiger partial charge in [0, 0.05) is 18.4 Å². The molecule has 0 spiro atoms. The molecule has 0 unspecified atom stereocenters. The highest BCUT2D eigenvalue weighted by atomic mass is 79.9. The molecule has 1 aromatic rings. The summed E-state index contributed by atoms with van der Waals surface area (Å²) in [6.45, 7) is 3.21. The van der Waals surface area contributed by atoms with E-state index in [9.17, 15) is 9.18 Å². The van der Waals surface area contributed by atoms with E-state index >= 15 is 0 Å². The first-order chi connectivity index (χ1) is 8.11. The number of nitrogens with zero attached hydrogens (tertiary/aromatic N) is 1. The van der Waals surface area contributed by atoms with Crippen molar-refractivity contribution in [1.29, 1.82) is 0 Å². The van der Waals surface area contributed by atoms with Crippen LogP contribution in [0, 0.1) is 5.82 Å². The summed E-state index contributed by atoms with van der Waals surface area (Å²) in [5.41, 5.74) is 0.119. The number of hydrogen-bond donors (Lipinski definition) is 0. The van der Waals surface area contributed by atoms with Crippen LogP contribution in [-0.2, 0) is 0 Å². The van der Waals surface area contributed by atoms with Crippen LogP contribution in [0.3, 0.4) is 0 Å². The first-order valence-electron chi connectivity index (χ1n) is 5.41. The molecule has 1 aromatic carbocycles. The van der Waals surface area contributed by atoms with E-state index in [1.165, 1.54) is 6.07 Å². The van der Waals surface area contributed by atoms with Gasteiger partial charge >= 0.3 is 0 Å². The maximum Gasteiger partial charge on any atom is 0.256 e. The van der Waals surface area contributed by atoms with Crippen molar-refractivity contribution in [3.05, 3.63) is 34.1 Å². The Morgan fingerprint density at radius 1 is 1.41 bits per heavy atom. The molecule has 1 rings (SSSR count). The third kappa shape index (κ3) is 3.78. The molecule has 0 aliphatic rings. The molecule has 17 heavy (non-hydrogen) atoms. The Balaban J connectivity index is 2.96. The standard InChI is InChI=1S/C12H14Br2FNO/c1-2-7-16(8-6-13)12(17)9-4-3-5-10(14)11(9)15/h3-5H,2,6-8H2,1H3. The van der Waals surface area contributed by atoms with Crippen LogP contribution in [0.15, 0.2) is 22.7 Å². The third-order valence-electron chi connectivity index (χ3n) is 2.32. The van der Waals surface area contributed by atoms with Crippen LogP contribution in [0.4, 0.5) is 4.39 Å². The quantitative estimate of drug-likeness (QED) is 0.725. The van der Waals surface area contributed by atoms with Crippen LogP contribution in [0.2, 0.25) is 0 Å². The van der Waals surface area contributed by atoms with Gasteiger partial charge in [-0.1, -0.05) is 28.9 Å². The summed E-state index contributed by atoms with van der Waals surface area (Å²) in [6, 6.07) is 4.76. The Bertz CT molecular complexity index is 392. The summed E-state index contributed by atoms with van der Waals surface area (Å²) < 4.78 is 14.1. The van der Waals surface area contributed by atoms with Crippen molar-refractivity contribution in [1.82, 2.24) is 4.90 Å². The van der Waals surface area contributed by atoms with Gasteiger partial charge in [-0.05, 0) is 34.5 Å². The van der Waals surface area contributed by atoms with Gasteiger partial charge in [0.05, 0.1) is 10.0 Å². The molecule has 0 saturated carbocycles. The lowest BCUT2D eigenvalue weighted by atomic mass is 10.2. The van der Waals surface area contributed by atoms with E-state index in [4.69, 9.17) is 0 Å². The monoisotopic (exact) mass is 365 g/mol. The van der Waals surface area contributed by atoms with Crippen LogP contribution < -0.4 is 0 Å². The largest absolute Gasteiger partial charge is 0.338 e. The van der Waals surface area contributed by atoms with E-state index in [0.29, 0.717) is 22.9 Å². The molecule has 0 radical (unpaired) electrons. The highest BCUT2D eigenvalue weighted by Crippen LogP contribution is 2.20. The molecule has 0 aliphatic carbocycles. The van der Waals surface area contributed by atoms with E-state index in [1.807, 2.05) is 6.92 Å². The normalized spacial score (nSPS) is 10.4. The van der Waals surface area contributed by atoms with Crippen molar-refractivity contribution in [2.24, 2.45) is 0 Å². The molecule has 0 atom stereocenters. The second-order valence-corrected chi connectivity index (χ2v) is 5.23. The molecule has 94 valence electrons. The molecule has 0 heterocycles. The van der Waals surface area contributed by atoms with Crippen molar-refractivity contribution in [2.75, 3.05) is 18.4 Å². The number of hydrogen-bond acceptors (Lipinski definition) is 1. The smallest absolute Gasteiger partial charge is 0.256 e. The topological polar surface area (TPSA) is 20.3 Å². The Morgan fingerprint density at radius 2 is 2.12 bits per heavy atom. The maximum atomic E-state index is 13.8. The molecule has 1 amide bonds. The lowest BCUT2D eigenvalue weighted by molar-refractivity contribution is 0.0761. The Hall–Kier alpha value is -0.420. The SMILES string of the molecule is CCCN(CCBr)C(=O)c1cccc(Br)c1F. The second-order valence-electron chi connectivity index (χ2n) is 3.58. The van der Waals surface area contributed by atoms with Crippen LogP contribution in [0.25, 0.3) is 0 Å². The molecule has 0 N–H and O–H groups in total. The molecule has 0 aromatic heterocycles. The zero-order valence-corrected chi connectivity index (χ0v) is 12.7. The molecule has 5 heteroatoms. The number of carbonyl (C=O) groups excluding carboxylic acids is 1. The minimum absolute atomic E-state index is 0.119. The van der Waals surface area contributed by atoms with E-state index < -0.39 is 5.82 Å². The number of halogens is 3. The van der Waals surface area contributed by atoms with Gasteiger partial charge in [0.15, 0.2) is 0 Å². The fourth-order valence-corrected chi connectivity index (χ4v) is 2.32. The summed E-state index contributed by atoms with van der Waals surface area (Å²) in [7, 11) is 0. The van der Waals surface area contributed by atoms with Gasteiger partial charge < -0.3 is 4.90 Å². The van der Waals surface area contributed by atoms with Crippen molar-refractivity contribution in [3.63, 3.8) is 0 Å². The predicted octanol–water partition coefficient (Wildman–Crippen LogP) is 3.84. The highest BCUT2D eigenvalue weighted by Gasteiger charge is 2.19. The van der Waals surface area contributed by atoms with Crippen molar-refractivity contribution in [2.45, 2.75) is 13.3 Å². The minimum atomic E-state index is -0.492. The minimum Gasteiger partial charge on any atom is -0.338 e. The van der Waals surface area contributed by atoms with Gasteiger partial charge in [0.25, 0.3) is 5.91 Å². The van der Waals surface area contributed by atoms with Crippen LogP contribution >= 0.6 is 31.9 Å². The van der Waals surface area contributed by atoms with Crippen molar-refractivity contribution >= 4 is 37.8 Å². The van der Waals surface area contributed by atoms with E-state index in [2.05, 4.69) is 31.9 Å². The summed E-state index contributed by atoms with van der Waals surface area (Å²) >= 11 is 6.38. The second kappa shape index (κ2) is 7.11. The van der Waals surface area contributed by atoms with Crippen LogP contribution in [0.1, 0.15) is 23.7 Å². The summed E-state index contributed by atoms with van der Waals surface area (Å²) in [5, 5.41) is 0.689. The van der Waals surface area contributed by atoms with Crippen molar-refractivity contribution in [3.8, 4) is 0 Å². The number of alkyl halides is 1. The van der Waals surface area contributed by atoms with Crippen LogP contribution in [-0.4, -0.2) is 29.2 Å². The molecule has 2 nitrogen and oxygen atoms in total. The Labute approximate surface area is 117 Å². The summed E-state index contributed by atoms with van der Waals surface area (Å²) in [4.78, 5) is 13.8. The predicted molar refractivity (Wildman–Crippen MR) is 74.1 cm³/mol. The highest BCUT2D eigenvalue weighted by molar-refractivity contribution is 9.10. The molecule has 0 bridgehead atoms. The first-order valence-corrected chi connectivity index (χ1v) is 7.32. The molecule has 0 aliphatic heterocycles. The van der Waals surface area contributed by atoms with E-state index in [1.54, 1.807) is 17.0 Å². The van der Waals surface area contributed by atoms with Gasteiger partial charge in [0.1, 0.15) is 5.82 Å². The molecule has 0 fully saturated rings. The Kier molecular flexibility index (Phi) is 6.12. The van der Waals surface area contributed by atoms with Gasteiger partial charge in [-0.15, -0.1) is 0 Å². The first kappa shape index (κ1) is 14.6. The van der Waals surface area contributed by atoms with Gasteiger partial charge in [-0.25, -0.2) is 4.39 Å². The average Bonchev–Trinajstić information content (AvgIpc) is 2.31. The lowest BCUT2D eigenvalue weighted by Crippen LogP contribution is -2.34. The molecule has 0 saturated heterocycles. The third-order valence-corrected chi connectivity index (χ3v) is 3.28. The zero-order valence-electron chi connectivity index (χ0n) is 9.55. The molecular formula is C12H14Br2FNO. The fourth-order valence-electron chi connectivity index (χ4n) is 1.53. The zero-order chi connectivity index (χ0) is 12.8. The van der Waals surface area contributed by atoms with Gasteiger partial charge in [-0.2, -0.15) is 0 Å². The average molecular weight is 367 g/mol. The maximum absolute atomic E-state index is 13.8. The fraction of sp³-hybridized carbons (Fsp3) is 0.417. The lowest BCUT2D eigenvalue weighted by Gasteiger charge is -2.21. The van der Waals surface area contributed by atoms with Gasteiger partial charge in [0.2, 0.25) is 0 Å². The van der Waals surface area contributed by atoms with Crippen molar-refractivity contribution < 1.29 is 9.18 Å². The summed E-state index contributed by atoms with van der Waals surface area (Å²) in [6.07, 6.45) is 0.856. The number of rotatable bonds is 5.